The zero-order valence-corrected chi connectivity index (χ0v) is 17.4. The molecule has 1 saturated heterocycles. The van der Waals surface area contributed by atoms with E-state index in [0.717, 1.165) is 17.1 Å². The van der Waals surface area contributed by atoms with Gasteiger partial charge in [-0.2, -0.15) is 5.10 Å². The first-order valence-electron chi connectivity index (χ1n) is 9.81. The molecule has 0 bridgehead atoms. The van der Waals surface area contributed by atoms with Gasteiger partial charge in [-0.3, -0.25) is 4.79 Å². The Bertz CT molecular complexity index is 1050. The molecule has 3 aromatic rings. The van der Waals surface area contributed by atoms with Gasteiger partial charge in [0.25, 0.3) is 0 Å². The fourth-order valence-electron chi connectivity index (χ4n) is 3.47. The van der Waals surface area contributed by atoms with Crippen LogP contribution in [0.1, 0.15) is 17.7 Å². The highest BCUT2D eigenvalue weighted by Gasteiger charge is 2.22. The van der Waals surface area contributed by atoms with Crippen LogP contribution in [0.4, 0.5) is 10.2 Å². The zero-order valence-electron chi connectivity index (χ0n) is 16.6. The van der Waals surface area contributed by atoms with Crippen molar-refractivity contribution >= 4 is 23.3 Å². The third kappa shape index (κ3) is 4.59. The topological polar surface area (TPSA) is 67.2 Å². The van der Waals surface area contributed by atoms with Gasteiger partial charge in [0.05, 0.1) is 10.7 Å². The van der Waals surface area contributed by atoms with Crippen molar-refractivity contribution in [3.05, 3.63) is 65.0 Å². The highest BCUT2D eigenvalue weighted by molar-refractivity contribution is 6.30. The van der Waals surface area contributed by atoms with Gasteiger partial charge in [-0.05, 0) is 37.1 Å². The number of aryl methyl sites for hydroxylation is 2. The van der Waals surface area contributed by atoms with Crippen molar-refractivity contribution in [2.75, 3.05) is 31.1 Å². The maximum Gasteiger partial charge on any atom is 0.223 e. The fraction of sp³-hybridized carbons (Fsp3) is 0.333. The van der Waals surface area contributed by atoms with Crippen molar-refractivity contribution in [1.82, 2.24) is 24.6 Å². The normalized spacial score (nSPS) is 14.2. The Hall–Kier alpha value is -3.00. The van der Waals surface area contributed by atoms with Gasteiger partial charge >= 0.3 is 0 Å². The Morgan fingerprint density at radius 3 is 2.57 bits per heavy atom. The molecule has 1 aliphatic rings. The smallest absolute Gasteiger partial charge is 0.223 e. The number of halogens is 2. The van der Waals surface area contributed by atoms with E-state index in [9.17, 15) is 9.18 Å². The molecule has 30 heavy (non-hydrogen) atoms. The van der Waals surface area contributed by atoms with Crippen LogP contribution in [0.25, 0.3) is 5.82 Å². The number of anilines is 1. The average molecular weight is 429 g/mol. The number of nitrogens with zero attached hydrogens (tertiary/aromatic N) is 6. The second-order valence-corrected chi connectivity index (χ2v) is 7.66. The van der Waals surface area contributed by atoms with E-state index in [2.05, 4.69) is 20.0 Å². The minimum absolute atomic E-state index is 0.0862. The second kappa shape index (κ2) is 8.79. The number of hydrogen-bond acceptors (Lipinski definition) is 5. The summed E-state index contributed by atoms with van der Waals surface area (Å²) in [7, 11) is 0. The molecule has 0 aliphatic carbocycles. The summed E-state index contributed by atoms with van der Waals surface area (Å²) >= 11 is 5.81. The van der Waals surface area contributed by atoms with Crippen molar-refractivity contribution in [3.8, 4) is 5.82 Å². The zero-order chi connectivity index (χ0) is 21.1. The number of piperazine rings is 1. The molecule has 1 aromatic carbocycles. The molecule has 0 radical (unpaired) electrons. The molecule has 2 aromatic heterocycles. The highest BCUT2D eigenvalue weighted by atomic mass is 35.5. The van der Waals surface area contributed by atoms with E-state index in [1.807, 2.05) is 30.2 Å². The molecule has 3 heterocycles. The molecule has 1 amide bonds. The summed E-state index contributed by atoms with van der Waals surface area (Å²) in [5.74, 6) is 1.18. The first-order chi connectivity index (χ1) is 14.5. The van der Waals surface area contributed by atoms with Gasteiger partial charge in [0, 0.05) is 44.9 Å². The summed E-state index contributed by atoms with van der Waals surface area (Å²) in [4.78, 5) is 25.3. The first-order valence-corrected chi connectivity index (χ1v) is 10.2. The van der Waals surface area contributed by atoms with Crippen LogP contribution in [0.5, 0.6) is 0 Å². The van der Waals surface area contributed by atoms with E-state index < -0.39 is 5.82 Å². The number of hydrogen-bond donors (Lipinski definition) is 0. The highest BCUT2D eigenvalue weighted by Crippen LogP contribution is 2.19. The second-order valence-electron chi connectivity index (χ2n) is 7.25. The van der Waals surface area contributed by atoms with E-state index in [0.29, 0.717) is 44.8 Å². The van der Waals surface area contributed by atoms with Crippen molar-refractivity contribution < 1.29 is 9.18 Å². The van der Waals surface area contributed by atoms with E-state index in [1.54, 1.807) is 16.8 Å². The first kappa shape index (κ1) is 20.3. The molecule has 156 valence electrons. The van der Waals surface area contributed by atoms with Crippen LogP contribution in [0, 0.1) is 12.7 Å². The van der Waals surface area contributed by atoms with Gasteiger partial charge in [-0.15, -0.1) is 0 Å². The van der Waals surface area contributed by atoms with Crippen molar-refractivity contribution in [3.63, 3.8) is 0 Å². The maximum absolute atomic E-state index is 13.3. The van der Waals surface area contributed by atoms with Crippen molar-refractivity contribution in [2.45, 2.75) is 19.8 Å². The molecule has 7 nitrogen and oxygen atoms in total. The third-order valence-electron chi connectivity index (χ3n) is 5.16. The lowest BCUT2D eigenvalue weighted by molar-refractivity contribution is -0.131. The van der Waals surface area contributed by atoms with Gasteiger partial charge in [0.1, 0.15) is 18.0 Å². The van der Waals surface area contributed by atoms with Crippen LogP contribution >= 0.6 is 11.6 Å². The summed E-state index contributed by atoms with van der Waals surface area (Å²) in [6.07, 6.45) is 4.31. The predicted molar refractivity (Wildman–Crippen MR) is 112 cm³/mol. The van der Waals surface area contributed by atoms with E-state index in [4.69, 9.17) is 11.6 Å². The monoisotopic (exact) mass is 428 g/mol. The number of aromatic nitrogens is 4. The van der Waals surface area contributed by atoms with Gasteiger partial charge < -0.3 is 9.80 Å². The number of carbonyl (C=O) groups excluding carboxylic acids is 1. The Balaban J connectivity index is 1.32. The summed E-state index contributed by atoms with van der Waals surface area (Å²) in [5.41, 5.74) is 1.78. The van der Waals surface area contributed by atoms with Crippen LogP contribution < -0.4 is 4.90 Å². The average Bonchev–Trinajstić information content (AvgIpc) is 3.21. The molecule has 1 fully saturated rings. The van der Waals surface area contributed by atoms with Gasteiger partial charge in [-0.25, -0.2) is 19.0 Å². The molecule has 4 rings (SSSR count). The molecule has 0 N–H and O–H groups in total. The quantitative estimate of drug-likeness (QED) is 0.624. The van der Waals surface area contributed by atoms with Gasteiger partial charge in [0.15, 0.2) is 5.82 Å². The fourth-order valence-corrected chi connectivity index (χ4v) is 3.67. The van der Waals surface area contributed by atoms with Crippen LogP contribution in [0.2, 0.25) is 5.02 Å². The van der Waals surface area contributed by atoms with Crippen LogP contribution in [0.3, 0.4) is 0 Å². The summed E-state index contributed by atoms with van der Waals surface area (Å²) in [6.45, 7) is 4.58. The lowest BCUT2D eigenvalue weighted by atomic mass is 10.1. The van der Waals surface area contributed by atoms with Gasteiger partial charge in [-0.1, -0.05) is 17.7 Å². The van der Waals surface area contributed by atoms with Crippen molar-refractivity contribution in [2.24, 2.45) is 0 Å². The molecular weight excluding hydrogens is 407 g/mol. The van der Waals surface area contributed by atoms with E-state index >= 15 is 0 Å². The van der Waals surface area contributed by atoms with E-state index in [1.165, 1.54) is 12.4 Å². The summed E-state index contributed by atoms with van der Waals surface area (Å²) < 4.78 is 15.0. The molecule has 9 heteroatoms. The van der Waals surface area contributed by atoms with Crippen LogP contribution in [0.15, 0.2) is 42.9 Å². The molecule has 0 saturated carbocycles. The lowest BCUT2D eigenvalue weighted by Gasteiger charge is -2.35. The summed E-state index contributed by atoms with van der Waals surface area (Å²) in [5, 5.41) is 4.47. The van der Waals surface area contributed by atoms with Crippen molar-refractivity contribution in [1.29, 1.82) is 0 Å². The van der Waals surface area contributed by atoms with Gasteiger partial charge in [0.2, 0.25) is 5.91 Å². The minimum Gasteiger partial charge on any atom is -0.353 e. The Morgan fingerprint density at radius 2 is 1.87 bits per heavy atom. The number of carbonyl (C=O) groups is 1. The van der Waals surface area contributed by atoms with Crippen LogP contribution in [-0.4, -0.2) is 56.7 Å². The number of amides is 1. The minimum atomic E-state index is -0.446. The lowest BCUT2D eigenvalue weighted by Crippen LogP contribution is -2.49. The van der Waals surface area contributed by atoms with E-state index in [-0.39, 0.29) is 10.9 Å². The Kier molecular flexibility index (Phi) is 5.94. The molecule has 0 atom stereocenters. The van der Waals surface area contributed by atoms with Crippen LogP contribution in [-0.2, 0) is 11.2 Å². The third-order valence-corrected chi connectivity index (χ3v) is 5.45. The molecule has 0 spiro atoms. The summed E-state index contributed by atoms with van der Waals surface area (Å²) in [6, 6.07) is 8.41. The number of benzene rings is 1. The Labute approximate surface area is 179 Å². The molecular formula is C21H22ClFN6O. The SMILES string of the molecule is Cc1ccn(-c2cc(N3CCN(C(=O)CCc4ccc(F)c(Cl)c4)CC3)ncn2)n1. The molecule has 1 aliphatic heterocycles. The standard InChI is InChI=1S/C21H22ClFN6O/c1-15-6-7-29(26-15)20-13-19(24-14-25-20)27-8-10-28(11-9-27)21(30)5-3-16-2-4-18(23)17(22)12-16/h2,4,6-7,12-14H,3,5,8-11H2,1H3. The number of rotatable bonds is 5. The predicted octanol–water partition coefficient (Wildman–Crippen LogP) is 3.04. The maximum atomic E-state index is 13.3. The Morgan fingerprint density at radius 1 is 1.10 bits per heavy atom. The molecule has 0 unspecified atom stereocenters. The largest absolute Gasteiger partial charge is 0.353 e.